The van der Waals surface area contributed by atoms with Gasteiger partial charge in [0, 0.05) is 6.07 Å². The van der Waals surface area contributed by atoms with Crippen molar-refractivity contribution in [2.45, 2.75) is 12.5 Å². The van der Waals surface area contributed by atoms with Gasteiger partial charge in [0.25, 0.3) is 0 Å². The number of ether oxygens (including phenoxy) is 2. The largest absolute Gasteiger partial charge is 0.497 e. The summed E-state index contributed by atoms with van der Waals surface area (Å²) in [5.41, 5.74) is 0.581. The molecule has 0 fully saturated rings. The van der Waals surface area contributed by atoms with E-state index in [0.717, 1.165) is 5.75 Å². The highest BCUT2D eigenvalue weighted by atomic mass is 16.5. The van der Waals surface area contributed by atoms with E-state index in [1.54, 1.807) is 63.6 Å². The molecular weight excluding hydrogens is 282 g/mol. The van der Waals surface area contributed by atoms with Crippen LogP contribution >= 0.6 is 0 Å². The molecule has 0 aliphatic rings. The maximum Gasteiger partial charge on any atom is 0.231 e. The number of benzene rings is 2. The van der Waals surface area contributed by atoms with Crippen molar-refractivity contribution in [2.24, 2.45) is 0 Å². The van der Waals surface area contributed by atoms with E-state index in [4.69, 9.17) is 13.9 Å². The third-order valence-corrected chi connectivity index (χ3v) is 3.66. The summed E-state index contributed by atoms with van der Waals surface area (Å²) in [5, 5.41) is 10.8. The van der Waals surface area contributed by atoms with Crippen LogP contribution in [0.4, 0.5) is 0 Å². The lowest BCUT2D eigenvalue weighted by Gasteiger charge is -2.20. The molecule has 0 saturated heterocycles. The number of fused-ring (bicyclic) bond motifs is 1. The van der Waals surface area contributed by atoms with Crippen molar-refractivity contribution in [1.29, 1.82) is 0 Å². The lowest BCUT2D eigenvalue weighted by atomic mass is 9.96. The molecule has 3 aromatic rings. The van der Waals surface area contributed by atoms with Gasteiger partial charge in [-0.1, -0.05) is 12.1 Å². The molecule has 22 heavy (non-hydrogen) atoms. The fourth-order valence-electron chi connectivity index (χ4n) is 2.28. The summed E-state index contributed by atoms with van der Waals surface area (Å²) in [6.45, 7) is 1.65. The minimum Gasteiger partial charge on any atom is -0.497 e. The number of hydrogen-bond donors (Lipinski definition) is 1. The van der Waals surface area contributed by atoms with Crippen LogP contribution in [-0.2, 0) is 5.60 Å². The SMILES string of the molecule is COc1ccc(C(C)(O)c2nc3cc(OC)ccc3o2)cc1. The van der Waals surface area contributed by atoms with Gasteiger partial charge in [0.15, 0.2) is 11.2 Å². The quantitative estimate of drug-likeness (QED) is 0.802. The van der Waals surface area contributed by atoms with Crippen LogP contribution in [0, 0.1) is 0 Å². The van der Waals surface area contributed by atoms with Crippen LogP contribution in [0.5, 0.6) is 11.5 Å². The molecule has 1 unspecified atom stereocenters. The minimum absolute atomic E-state index is 0.237. The van der Waals surface area contributed by atoms with E-state index in [9.17, 15) is 5.11 Å². The summed E-state index contributed by atoms with van der Waals surface area (Å²) < 4.78 is 16.0. The standard InChI is InChI=1S/C17H17NO4/c1-17(19,11-4-6-12(20-2)7-5-11)16-18-14-10-13(21-3)8-9-15(14)22-16/h4-10,19H,1-3H3. The van der Waals surface area contributed by atoms with Gasteiger partial charge in [-0.3, -0.25) is 0 Å². The number of rotatable bonds is 4. The smallest absolute Gasteiger partial charge is 0.231 e. The van der Waals surface area contributed by atoms with Gasteiger partial charge in [0.2, 0.25) is 5.89 Å². The number of oxazole rings is 1. The summed E-state index contributed by atoms with van der Waals surface area (Å²) in [5.74, 6) is 1.65. The van der Waals surface area contributed by atoms with Crippen molar-refractivity contribution in [3.63, 3.8) is 0 Å². The Morgan fingerprint density at radius 2 is 1.64 bits per heavy atom. The molecule has 114 valence electrons. The maximum absolute atomic E-state index is 10.8. The Morgan fingerprint density at radius 3 is 2.27 bits per heavy atom. The van der Waals surface area contributed by atoms with Crippen LogP contribution in [0.25, 0.3) is 11.1 Å². The molecule has 1 heterocycles. The molecule has 0 amide bonds. The van der Waals surface area contributed by atoms with Gasteiger partial charge in [-0.25, -0.2) is 4.98 Å². The van der Waals surface area contributed by atoms with Crippen molar-refractivity contribution in [3.05, 3.63) is 53.9 Å². The van der Waals surface area contributed by atoms with E-state index < -0.39 is 5.60 Å². The zero-order valence-electron chi connectivity index (χ0n) is 12.7. The summed E-state index contributed by atoms with van der Waals surface area (Å²) in [6, 6.07) is 12.5. The molecule has 5 heteroatoms. The fourth-order valence-corrected chi connectivity index (χ4v) is 2.28. The Hall–Kier alpha value is -2.53. The van der Waals surface area contributed by atoms with Crippen molar-refractivity contribution in [1.82, 2.24) is 4.98 Å². The molecule has 1 N–H and O–H groups in total. The highest BCUT2D eigenvalue weighted by Crippen LogP contribution is 2.32. The average Bonchev–Trinajstić information content (AvgIpc) is 2.98. The highest BCUT2D eigenvalue weighted by Gasteiger charge is 2.31. The Balaban J connectivity index is 2.03. The predicted octanol–water partition coefficient (Wildman–Crippen LogP) is 3.10. The van der Waals surface area contributed by atoms with Gasteiger partial charge in [0.1, 0.15) is 17.0 Å². The van der Waals surface area contributed by atoms with Crippen LogP contribution < -0.4 is 9.47 Å². The van der Waals surface area contributed by atoms with Crippen LogP contribution in [0.2, 0.25) is 0 Å². The molecule has 2 aromatic carbocycles. The van der Waals surface area contributed by atoms with Gasteiger partial charge < -0.3 is 19.0 Å². The van der Waals surface area contributed by atoms with Gasteiger partial charge in [-0.2, -0.15) is 0 Å². The molecule has 0 bridgehead atoms. The third kappa shape index (κ3) is 2.40. The number of aliphatic hydroxyl groups is 1. The fraction of sp³-hybridized carbons (Fsp3) is 0.235. The second-order valence-corrected chi connectivity index (χ2v) is 5.15. The Labute approximate surface area is 128 Å². The summed E-state index contributed by atoms with van der Waals surface area (Å²) >= 11 is 0. The first-order valence-corrected chi connectivity index (χ1v) is 6.86. The number of methoxy groups -OCH3 is 2. The molecule has 0 aliphatic carbocycles. The van der Waals surface area contributed by atoms with Gasteiger partial charge in [0.05, 0.1) is 14.2 Å². The zero-order valence-corrected chi connectivity index (χ0v) is 12.7. The number of hydrogen-bond acceptors (Lipinski definition) is 5. The van der Waals surface area contributed by atoms with E-state index in [-0.39, 0.29) is 5.89 Å². The number of nitrogens with zero attached hydrogens (tertiary/aromatic N) is 1. The monoisotopic (exact) mass is 299 g/mol. The van der Waals surface area contributed by atoms with Crippen LogP contribution in [0.15, 0.2) is 46.9 Å². The van der Waals surface area contributed by atoms with Crippen molar-refractivity contribution < 1.29 is 19.0 Å². The first kappa shape index (κ1) is 14.4. The summed E-state index contributed by atoms with van der Waals surface area (Å²) in [6.07, 6.45) is 0. The van der Waals surface area contributed by atoms with Crippen molar-refractivity contribution in [3.8, 4) is 11.5 Å². The number of aromatic nitrogens is 1. The zero-order chi connectivity index (χ0) is 15.7. The lowest BCUT2D eigenvalue weighted by Crippen LogP contribution is -2.23. The van der Waals surface area contributed by atoms with Crippen LogP contribution in [0.3, 0.4) is 0 Å². The van der Waals surface area contributed by atoms with E-state index in [0.29, 0.717) is 22.4 Å². The first-order chi connectivity index (χ1) is 10.5. The molecule has 0 aliphatic heterocycles. The average molecular weight is 299 g/mol. The minimum atomic E-state index is -1.33. The molecule has 3 rings (SSSR count). The van der Waals surface area contributed by atoms with Gasteiger partial charge in [-0.05, 0) is 36.8 Å². The van der Waals surface area contributed by atoms with E-state index in [1.165, 1.54) is 0 Å². The normalized spacial score (nSPS) is 13.8. The van der Waals surface area contributed by atoms with Crippen molar-refractivity contribution in [2.75, 3.05) is 14.2 Å². The van der Waals surface area contributed by atoms with Gasteiger partial charge >= 0.3 is 0 Å². The third-order valence-electron chi connectivity index (χ3n) is 3.66. The van der Waals surface area contributed by atoms with Crippen LogP contribution in [-0.4, -0.2) is 24.3 Å². The Kier molecular flexibility index (Phi) is 3.50. The Bertz CT molecular complexity index is 790. The molecule has 0 spiro atoms. The highest BCUT2D eigenvalue weighted by molar-refractivity contribution is 5.74. The second kappa shape index (κ2) is 5.35. The van der Waals surface area contributed by atoms with E-state index >= 15 is 0 Å². The van der Waals surface area contributed by atoms with Gasteiger partial charge in [-0.15, -0.1) is 0 Å². The second-order valence-electron chi connectivity index (χ2n) is 5.15. The molecule has 1 aromatic heterocycles. The molecule has 1 atom stereocenters. The predicted molar refractivity (Wildman–Crippen MR) is 82.2 cm³/mol. The van der Waals surface area contributed by atoms with Crippen molar-refractivity contribution >= 4 is 11.1 Å². The first-order valence-electron chi connectivity index (χ1n) is 6.86. The molecule has 5 nitrogen and oxygen atoms in total. The molecule has 0 radical (unpaired) electrons. The topological polar surface area (TPSA) is 64.7 Å². The summed E-state index contributed by atoms with van der Waals surface area (Å²) in [4.78, 5) is 4.38. The van der Waals surface area contributed by atoms with E-state index in [2.05, 4.69) is 4.98 Å². The Morgan fingerprint density at radius 1 is 1.00 bits per heavy atom. The maximum atomic E-state index is 10.8. The van der Waals surface area contributed by atoms with E-state index in [1.807, 2.05) is 0 Å². The molecule has 0 saturated carbocycles. The van der Waals surface area contributed by atoms with Crippen LogP contribution in [0.1, 0.15) is 18.4 Å². The summed E-state index contributed by atoms with van der Waals surface area (Å²) in [7, 11) is 3.19. The molecular formula is C17H17NO4. The lowest BCUT2D eigenvalue weighted by molar-refractivity contribution is 0.0726.